The molecule has 11 nitrogen and oxygen atoms in total. The summed E-state index contributed by atoms with van der Waals surface area (Å²) in [5, 5.41) is 0. The van der Waals surface area contributed by atoms with Crippen LogP contribution in [0.4, 0.5) is 0 Å². The molecule has 27 heavy (non-hydrogen) atoms. The molecule has 0 N–H and O–H groups in total. The van der Waals surface area contributed by atoms with E-state index in [2.05, 4.69) is 0 Å². The van der Waals surface area contributed by atoms with E-state index in [9.17, 15) is 24.0 Å². The number of rotatable bonds is 6. The molecule has 1 aliphatic heterocycles. The van der Waals surface area contributed by atoms with Gasteiger partial charge in [0.15, 0.2) is 12.2 Å². The third kappa shape index (κ3) is 7.21. The summed E-state index contributed by atoms with van der Waals surface area (Å²) in [7, 11) is 0. The molecule has 5 atom stereocenters. The molecule has 0 aromatic rings. The monoisotopic (exact) mass is 390 g/mol. The Bertz CT molecular complexity index is 599. The van der Waals surface area contributed by atoms with E-state index in [0.717, 1.165) is 34.6 Å². The Morgan fingerprint density at radius 1 is 0.630 bits per heavy atom. The van der Waals surface area contributed by atoms with Crippen LogP contribution >= 0.6 is 0 Å². The highest BCUT2D eigenvalue weighted by Crippen LogP contribution is 2.29. The van der Waals surface area contributed by atoms with Crippen molar-refractivity contribution < 1.29 is 52.4 Å². The van der Waals surface area contributed by atoms with Crippen molar-refractivity contribution in [2.45, 2.75) is 65.3 Å². The van der Waals surface area contributed by atoms with Gasteiger partial charge in [-0.15, -0.1) is 0 Å². The third-order valence-electron chi connectivity index (χ3n) is 3.23. The van der Waals surface area contributed by atoms with Crippen LogP contribution in [0.3, 0.4) is 0 Å². The molecule has 3 unspecified atom stereocenters. The largest absolute Gasteiger partial charge is 0.463 e. The van der Waals surface area contributed by atoms with Gasteiger partial charge < -0.3 is 28.4 Å². The Morgan fingerprint density at radius 2 is 1.07 bits per heavy atom. The van der Waals surface area contributed by atoms with Crippen LogP contribution in [0.1, 0.15) is 34.6 Å². The van der Waals surface area contributed by atoms with Crippen molar-refractivity contribution in [3.05, 3.63) is 0 Å². The Morgan fingerprint density at radius 3 is 1.52 bits per heavy atom. The van der Waals surface area contributed by atoms with Gasteiger partial charge in [-0.3, -0.25) is 24.0 Å². The summed E-state index contributed by atoms with van der Waals surface area (Å²) < 4.78 is 30.8. The minimum absolute atomic E-state index is 0.393. The number of hydrogen-bond acceptors (Lipinski definition) is 11. The molecule has 0 aliphatic carbocycles. The van der Waals surface area contributed by atoms with Crippen LogP contribution in [0.5, 0.6) is 0 Å². The fourth-order valence-corrected chi connectivity index (χ4v) is 2.45. The normalized spacial score (nSPS) is 27.1. The lowest BCUT2D eigenvalue weighted by Gasteiger charge is -2.43. The predicted octanol–water partition coefficient (Wildman–Crippen LogP) is -0.367. The first-order valence-corrected chi connectivity index (χ1v) is 7.99. The molecule has 0 amide bonds. The molecule has 0 aromatic carbocycles. The molecular formula is C16H22O11. The lowest BCUT2D eigenvalue weighted by Crippen LogP contribution is -2.63. The molecule has 1 fully saturated rings. The van der Waals surface area contributed by atoms with Crippen molar-refractivity contribution in [2.75, 3.05) is 6.61 Å². The predicted molar refractivity (Wildman–Crippen MR) is 83.7 cm³/mol. The zero-order valence-electron chi connectivity index (χ0n) is 15.6. The fraction of sp³-hybridized carbons (Fsp3) is 0.688. The smallest absolute Gasteiger partial charge is 0.305 e. The maximum atomic E-state index is 11.5. The lowest BCUT2D eigenvalue weighted by atomic mass is 9.98. The summed E-state index contributed by atoms with van der Waals surface area (Å²) >= 11 is 0. The second kappa shape index (κ2) is 9.86. The molecule has 0 bridgehead atoms. The third-order valence-corrected chi connectivity index (χ3v) is 3.23. The molecular weight excluding hydrogens is 368 g/mol. The van der Waals surface area contributed by atoms with Crippen LogP contribution < -0.4 is 0 Å². The average molecular weight is 390 g/mol. The zero-order chi connectivity index (χ0) is 20.7. The molecule has 0 spiro atoms. The summed E-state index contributed by atoms with van der Waals surface area (Å²) in [6.07, 6.45) is -6.70. The highest BCUT2D eigenvalue weighted by atomic mass is 16.7. The van der Waals surface area contributed by atoms with Gasteiger partial charge in [0.1, 0.15) is 12.7 Å². The Balaban J connectivity index is 3.29. The molecule has 152 valence electrons. The maximum Gasteiger partial charge on any atom is 0.305 e. The Labute approximate surface area is 155 Å². The molecule has 1 heterocycles. The quantitative estimate of drug-likeness (QED) is 0.433. The molecule has 1 aliphatic rings. The van der Waals surface area contributed by atoms with Gasteiger partial charge in [-0.2, -0.15) is 0 Å². The first-order chi connectivity index (χ1) is 12.5. The topological polar surface area (TPSA) is 141 Å². The second-order valence-electron chi connectivity index (χ2n) is 5.68. The number of ether oxygens (including phenoxy) is 6. The van der Waals surface area contributed by atoms with Gasteiger partial charge in [-0.1, -0.05) is 0 Å². The maximum absolute atomic E-state index is 11.5. The van der Waals surface area contributed by atoms with Gasteiger partial charge in [-0.25, -0.2) is 0 Å². The minimum Gasteiger partial charge on any atom is -0.463 e. The van der Waals surface area contributed by atoms with Gasteiger partial charge in [0.25, 0.3) is 0 Å². The number of esters is 5. The van der Waals surface area contributed by atoms with Crippen molar-refractivity contribution in [1.29, 1.82) is 0 Å². The van der Waals surface area contributed by atoms with E-state index < -0.39 is 67.2 Å². The summed E-state index contributed by atoms with van der Waals surface area (Å²) in [5.74, 6) is -3.71. The Kier molecular flexibility index (Phi) is 8.16. The molecule has 0 saturated carbocycles. The van der Waals surface area contributed by atoms with Gasteiger partial charge in [-0.05, 0) is 0 Å². The van der Waals surface area contributed by atoms with E-state index in [-0.39, 0.29) is 0 Å². The number of carbonyl (C=O) groups is 5. The highest BCUT2D eigenvalue weighted by Gasteiger charge is 2.53. The van der Waals surface area contributed by atoms with Gasteiger partial charge in [0.05, 0.1) is 0 Å². The van der Waals surface area contributed by atoms with Crippen molar-refractivity contribution >= 4 is 29.8 Å². The standard InChI is InChI=1S/C16H22O11/c1-7(17)22-6-12-13(23-8(2)18)14(24-9(3)19)15(25-10(4)20)16(27-12)26-11(5)21/h12-16H,6H2,1-5H3/t12?,13?,14?,15-,16+/m0/s1. The lowest BCUT2D eigenvalue weighted by molar-refractivity contribution is -0.300. The van der Waals surface area contributed by atoms with Crippen molar-refractivity contribution in [2.24, 2.45) is 0 Å². The van der Waals surface area contributed by atoms with Gasteiger partial charge in [0.2, 0.25) is 12.4 Å². The highest BCUT2D eigenvalue weighted by molar-refractivity contribution is 5.69. The van der Waals surface area contributed by atoms with E-state index in [1.807, 2.05) is 0 Å². The summed E-state index contributed by atoms with van der Waals surface area (Å²) in [6.45, 7) is 5.13. The molecule has 0 radical (unpaired) electrons. The van der Waals surface area contributed by atoms with E-state index in [0.29, 0.717) is 0 Å². The minimum atomic E-state index is -1.48. The SMILES string of the molecule is CC(=O)OCC1O[C@@H](OC(C)=O)[C@@H](OC(C)=O)C(OC(C)=O)C1OC(C)=O. The van der Waals surface area contributed by atoms with E-state index in [4.69, 9.17) is 28.4 Å². The molecule has 1 saturated heterocycles. The first-order valence-electron chi connectivity index (χ1n) is 7.99. The van der Waals surface area contributed by atoms with Crippen LogP contribution in [0, 0.1) is 0 Å². The van der Waals surface area contributed by atoms with Crippen molar-refractivity contribution in [1.82, 2.24) is 0 Å². The van der Waals surface area contributed by atoms with E-state index in [1.54, 1.807) is 0 Å². The first kappa shape index (κ1) is 22.4. The average Bonchev–Trinajstić information content (AvgIpc) is 2.49. The van der Waals surface area contributed by atoms with Crippen LogP contribution in [0.25, 0.3) is 0 Å². The summed E-state index contributed by atoms with van der Waals surface area (Å²) in [5.41, 5.74) is 0. The van der Waals surface area contributed by atoms with Crippen LogP contribution in [0.2, 0.25) is 0 Å². The Hall–Kier alpha value is -2.69. The van der Waals surface area contributed by atoms with Crippen LogP contribution in [-0.2, 0) is 52.4 Å². The van der Waals surface area contributed by atoms with Crippen molar-refractivity contribution in [3.8, 4) is 0 Å². The number of carbonyl (C=O) groups excluding carboxylic acids is 5. The zero-order valence-corrected chi connectivity index (χ0v) is 15.6. The van der Waals surface area contributed by atoms with Gasteiger partial charge in [0, 0.05) is 34.6 Å². The van der Waals surface area contributed by atoms with Crippen molar-refractivity contribution in [3.63, 3.8) is 0 Å². The molecule has 1 rings (SSSR count). The van der Waals surface area contributed by atoms with Gasteiger partial charge >= 0.3 is 29.8 Å². The summed E-state index contributed by atoms with van der Waals surface area (Å²) in [6, 6.07) is 0. The second-order valence-corrected chi connectivity index (χ2v) is 5.68. The number of hydrogen-bond donors (Lipinski definition) is 0. The summed E-state index contributed by atoms with van der Waals surface area (Å²) in [4.78, 5) is 57.0. The van der Waals surface area contributed by atoms with Crippen LogP contribution in [-0.4, -0.2) is 67.2 Å². The molecule has 0 aromatic heterocycles. The van der Waals surface area contributed by atoms with E-state index >= 15 is 0 Å². The fourth-order valence-electron chi connectivity index (χ4n) is 2.45. The van der Waals surface area contributed by atoms with Crippen LogP contribution in [0.15, 0.2) is 0 Å². The molecule has 11 heteroatoms. The van der Waals surface area contributed by atoms with E-state index in [1.165, 1.54) is 0 Å².